The number of nitrogens with one attached hydrogen (secondary N) is 1. The smallest absolute Gasteiger partial charge is 0.306 e. The van der Waals surface area contributed by atoms with Gasteiger partial charge in [0.05, 0.1) is 35.5 Å². The zero-order valence-corrected chi connectivity index (χ0v) is 10.8. The van der Waals surface area contributed by atoms with Crippen LogP contribution in [0, 0.1) is 0 Å². The number of aromatic amines is 1. The van der Waals surface area contributed by atoms with Gasteiger partial charge in [0.1, 0.15) is 0 Å². The Morgan fingerprint density at radius 1 is 1.76 bits per heavy atom. The summed E-state index contributed by atoms with van der Waals surface area (Å²) in [7, 11) is 0. The number of carbonyl (C=O) groups is 1. The minimum Gasteiger partial charge on any atom is -0.481 e. The third-order valence-electron chi connectivity index (χ3n) is 2.67. The van der Waals surface area contributed by atoms with Crippen molar-refractivity contribution in [3.05, 3.63) is 16.4 Å². The van der Waals surface area contributed by atoms with E-state index >= 15 is 0 Å². The molecule has 6 nitrogen and oxygen atoms in total. The third kappa shape index (κ3) is 3.52. The summed E-state index contributed by atoms with van der Waals surface area (Å²) in [6.07, 6.45) is 1.55. The molecule has 0 spiro atoms. The molecular formula is C10H14BrN3O3. The molecule has 0 radical (unpaired) electrons. The van der Waals surface area contributed by atoms with Crippen LogP contribution in [0.1, 0.15) is 12.1 Å². The Morgan fingerprint density at radius 2 is 2.59 bits per heavy atom. The molecule has 0 saturated carbocycles. The third-order valence-corrected chi connectivity index (χ3v) is 3.36. The van der Waals surface area contributed by atoms with Crippen LogP contribution in [0.25, 0.3) is 0 Å². The number of morpholine rings is 1. The average molecular weight is 304 g/mol. The van der Waals surface area contributed by atoms with Crippen molar-refractivity contribution in [3.63, 3.8) is 0 Å². The van der Waals surface area contributed by atoms with E-state index in [4.69, 9.17) is 9.84 Å². The number of rotatable bonds is 4. The highest BCUT2D eigenvalue weighted by Crippen LogP contribution is 2.17. The van der Waals surface area contributed by atoms with Gasteiger partial charge >= 0.3 is 5.97 Å². The van der Waals surface area contributed by atoms with E-state index in [9.17, 15) is 4.79 Å². The second-order valence-corrected chi connectivity index (χ2v) is 4.88. The lowest BCUT2D eigenvalue weighted by Crippen LogP contribution is -2.42. The first-order valence-electron chi connectivity index (χ1n) is 5.38. The van der Waals surface area contributed by atoms with Crippen LogP contribution in [0.2, 0.25) is 0 Å². The van der Waals surface area contributed by atoms with E-state index < -0.39 is 5.97 Å². The van der Waals surface area contributed by atoms with Crippen molar-refractivity contribution < 1.29 is 14.6 Å². The van der Waals surface area contributed by atoms with E-state index in [1.807, 2.05) is 0 Å². The fraction of sp³-hybridized carbons (Fsp3) is 0.600. The predicted octanol–water partition coefficient (Wildman–Crippen LogP) is 0.848. The number of halogens is 1. The van der Waals surface area contributed by atoms with Crippen molar-refractivity contribution in [1.82, 2.24) is 15.1 Å². The minimum atomic E-state index is -0.820. The number of aliphatic carboxylic acids is 1. The van der Waals surface area contributed by atoms with Crippen LogP contribution in [-0.2, 0) is 16.1 Å². The van der Waals surface area contributed by atoms with Crippen molar-refractivity contribution in [1.29, 1.82) is 0 Å². The Morgan fingerprint density at radius 3 is 3.24 bits per heavy atom. The van der Waals surface area contributed by atoms with Crippen LogP contribution < -0.4 is 0 Å². The topological polar surface area (TPSA) is 78.5 Å². The summed E-state index contributed by atoms with van der Waals surface area (Å²) in [5.41, 5.74) is 1.00. The summed E-state index contributed by atoms with van der Waals surface area (Å²) in [4.78, 5) is 12.8. The molecule has 0 bridgehead atoms. The number of aromatic nitrogens is 2. The number of ether oxygens (including phenoxy) is 1. The lowest BCUT2D eigenvalue weighted by atomic mass is 10.2. The molecule has 0 aliphatic carbocycles. The standard InChI is InChI=1S/C10H14BrN3O3/c11-8-4-12-13-9(8)6-14-1-2-17-7(5-14)3-10(15)16/h4,7H,1-3,5-6H2,(H,12,13)(H,15,16). The van der Waals surface area contributed by atoms with Crippen LogP contribution >= 0.6 is 15.9 Å². The van der Waals surface area contributed by atoms with Gasteiger partial charge in [-0.1, -0.05) is 0 Å². The maximum Gasteiger partial charge on any atom is 0.306 e. The maximum absolute atomic E-state index is 10.6. The molecule has 2 heterocycles. The number of carboxylic acids is 1. The van der Waals surface area contributed by atoms with E-state index in [2.05, 4.69) is 31.0 Å². The quantitative estimate of drug-likeness (QED) is 0.862. The zero-order chi connectivity index (χ0) is 12.3. The van der Waals surface area contributed by atoms with Crippen LogP contribution in [0.15, 0.2) is 10.7 Å². The van der Waals surface area contributed by atoms with Crippen LogP contribution in [0.4, 0.5) is 0 Å². The highest BCUT2D eigenvalue weighted by atomic mass is 79.9. The van der Waals surface area contributed by atoms with Gasteiger partial charge in [0.25, 0.3) is 0 Å². The fourth-order valence-electron chi connectivity index (χ4n) is 1.87. The second kappa shape index (κ2) is 5.61. The SMILES string of the molecule is O=C(O)CC1CN(Cc2[nH]ncc2Br)CCO1. The highest BCUT2D eigenvalue weighted by molar-refractivity contribution is 9.10. The molecule has 1 fully saturated rings. The number of nitrogens with zero attached hydrogens (tertiary/aromatic N) is 2. The highest BCUT2D eigenvalue weighted by Gasteiger charge is 2.23. The number of carboxylic acid groups (broad SMARTS) is 1. The van der Waals surface area contributed by atoms with Gasteiger partial charge in [0, 0.05) is 19.6 Å². The molecule has 2 rings (SSSR count). The monoisotopic (exact) mass is 303 g/mol. The van der Waals surface area contributed by atoms with Gasteiger partial charge in [-0.05, 0) is 15.9 Å². The first-order chi connectivity index (χ1) is 8.15. The molecule has 94 valence electrons. The minimum absolute atomic E-state index is 0.0562. The molecule has 7 heteroatoms. The molecular weight excluding hydrogens is 290 g/mol. The van der Waals surface area contributed by atoms with E-state index in [0.717, 1.165) is 23.3 Å². The first kappa shape index (κ1) is 12.5. The van der Waals surface area contributed by atoms with Crippen LogP contribution in [0.5, 0.6) is 0 Å². The fourth-order valence-corrected chi connectivity index (χ4v) is 2.19. The van der Waals surface area contributed by atoms with E-state index in [1.165, 1.54) is 0 Å². The summed E-state index contributed by atoms with van der Waals surface area (Å²) >= 11 is 3.40. The van der Waals surface area contributed by atoms with Gasteiger partial charge in [-0.25, -0.2) is 0 Å². The first-order valence-corrected chi connectivity index (χ1v) is 6.18. The molecule has 1 saturated heterocycles. The van der Waals surface area contributed by atoms with Crippen molar-refractivity contribution in [2.24, 2.45) is 0 Å². The second-order valence-electron chi connectivity index (χ2n) is 4.02. The Bertz CT molecular complexity index is 396. The molecule has 0 aromatic carbocycles. The van der Waals surface area contributed by atoms with Crippen LogP contribution in [0.3, 0.4) is 0 Å². The molecule has 1 aliphatic rings. The lowest BCUT2D eigenvalue weighted by Gasteiger charge is -2.31. The summed E-state index contributed by atoms with van der Waals surface area (Å²) in [6.45, 7) is 2.74. The number of hydrogen-bond donors (Lipinski definition) is 2. The van der Waals surface area contributed by atoms with Gasteiger partial charge < -0.3 is 9.84 Å². The van der Waals surface area contributed by atoms with Gasteiger partial charge in [-0.2, -0.15) is 5.10 Å². The molecule has 1 unspecified atom stereocenters. The van der Waals surface area contributed by atoms with Crippen molar-refractivity contribution >= 4 is 21.9 Å². The molecule has 1 atom stereocenters. The molecule has 17 heavy (non-hydrogen) atoms. The van der Waals surface area contributed by atoms with Gasteiger partial charge in [-0.3, -0.25) is 14.8 Å². The average Bonchev–Trinajstić information content (AvgIpc) is 2.64. The Balaban J connectivity index is 1.89. The van der Waals surface area contributed by atoms with Crippen molar-refractivity contribution in [3.8, 4) is 0 Å². The van der Waals surface area contributed by atoms with Crippen molar-refractivity contribution in [2.75, 3.05) is 19.7 Å². The number of hydrogen-bond acceptors (Lipinski definition) is 4. The van der Waals surface area contributed by atoms with Crippen LogP contribution in [-0.4, -0.2) is 52.0 Å². The summed E-state index contributed by atoms with van der Waals surface area (Å²) in [6, 6.07) is 0. The molecule has 0 amide bonds. The zero-order valence-electron chi connectivity index (χ0n) is 9.23. The van der Waals surface area contributed by atoms with E-state index in [-0.39, 0.29) is 12.5 Å². The Hall–Kier alpha value is -0.920. The molecule has 2 N–H and O–H groups in total. The van der Waals surface area contributed by atoms with Crippen molar-refractivity contribution in [2.45, 2.75) is 19.1 Å². The van der Waals surface area contributed by atoms with Gasteiger partial charge in [-0.15, -0.1) is 0 Å². The van der Waals surface area contributed by atoms with Gasteiger partial charge in [0.2, 0.25) is 0 Å². The maximum atomic E-state index is 10.6. The summed E-state index contributed by atoms with van der Waals surface area (Å²) in [5, 5.41) is 15.6. The predicted molar refractivity (Wildman–Crippen MR) is 63.6 cm³/mol. The molecule has 1 aliphatic heterocycles. The number of H-pyrrole nitrogens is 1. The summed E-state index contributed by atoms with van der Waals surface area (Å²) in [5.74, 6) is -0.820. The normalized spacial score (nSPS) is 21.6. The van der Waals surface area contributed by atoms with E-state index in [1.54, 1.807) is 6.20 Å². The molecule has 1 aromatic rings. The van der Waals surface area contributed by atoms with E-state index in [0.29, 0.717) is 13.2 Å². The largest absolute Gasteiger partial charge is 0.481 e. The van der Waals surface area contributed by atoms with Gasteiger partial charge in [0.15, 0.2) is 0 Å². The lowest BCUT2D eigenvalue weighted by molar-refractivity contribution is -0.142. The molecule has 1 aromatic heterocycles. The Kier molecular flexibility index (Phi) is 4.14. The Labute approximate surface area is 107 Å². The summed E-state index contributed by atoms with van der Waals surface area (Å²) < 4.78 is 6.35.